The lowest BCUT2D eigenvalue weighted by Gasteiger charge is -2.39. The number of aliphatic hydroxyl groups excluding tert-OH is 2. The first-order valence-electron chi connectivity index (χ1n) is 7.34. The van der Waals surface area contributed by atoms with Crippen molar-refractivity contribution < 1.29 is 19.7 Å². The van der Waals surface area contributed by atoms with Crippen molar-refractivity contribution in [2.45, 2.75) is 25.2 Å². The molecule has 0 radical (unpaired) electrons. The van der Waals surface area contributed by atoms with E-state index < -0.39 is 18.2 Å². The lowest BCUT2D eigenvalue weighted by atomic mass is 10.0. The average molecular weight is 309 g/mol. The minimum Gasteiger partial charge on any atom is -0.388 e. The van der Waals surface area contributed by atoms with E-state index in [-0.39, 0.29) is 19.1 Å². The summed E-state index contributed by atoms with van der Waals surface area (Å²) in [6.07, 6.45) is -0.464. The Bertz CT molecular complexity index is 506. The molecule has 0 saturated carbocycles. The molecule has 2 heterocycles. The zero-order valence-electron chi connectivity index (χ0n) is 13.1. The highest BCUT2D eigenvalue weighted by molar-refractivity contribution is 5.94. The molecule has 22 heavy (non-hydrogen) atoms. The third kappa shape index (κ3) is 3.37. The van der Waals surface area contributed by atoms with Crippen molar-refractivity contribution in [3.05, 3.63) is 23.9 Å². The van der Waals surface area contributed by atoms with E-state index in [0.29, 0.717) is 12.1 Å². The van der Waals surface area contributed by atoms with Gasteiger partial charge in [0.25, 0.3) is 5.91 Å². The van der Waals surface area contributed by atoms with Gasteiger partial charge in [-0.25, -0.2) is 4.98 Å². The van der Waals surface area contributed by atoms with Crippen LogP contribution < -0.4 is 4.90 Å². The van der Waals surface area contributed by atoms with E-state index >= 15 is 0 Å². The Labute approximate surface area is 130 Å². The van der Waals surface area contributed by atoms with Crippen LogP contribution in [-0.4, -0.2) is 78.1 Å². The molecule has 0 spiro atoms. The van der Waals surface area contributed by atoms with Gasteiger partial charge >= 0.3 is 0 Å². The second-order valence-electron chi connectivity index (χ2n) is 5.55. The summed E-state index contributed by atoms with van der Waals surface area (Å²) in [5, 5.41) is 19.8. The number of aromatic nitrogens is 1. The number of carbonyl (C=O) groups excluding carboxylic acids is 1. The Kier molecular flexibility index (Phi) is 5.33. The highest BCUT2D eigenvalue weighted by Crippen LogP contribution is 2.18. The topological polar surface area (TPSA) is 86.1 Å². The van der Waals surface area contributed by atoms with Crippen molar-refractivity contribution in [3.63, 3.8) is 0 Å². The summed E-state index contributed by atoms with van der Waals surface area (Å²) in [7, 11) is 3.75. The third-order valence-electron chi connectivity index (χ3n) is 3.82. The van der Waals surface area contributed by atoms with Crippen molar-refractivity contribution in [3.8, 4) is 0 Å². The fourth-order valence-electron chi connectivity index (χ4n) is 2.51. The number of hydrogen-bond acceptors (Lipinski definition) is 6. The van der Waals surface area contributed by atoms with Crippen LogP contribution in [0.15, 0.2) is 18.3 Å². The second kappa shape index (κ2) is 7.04. The summed E-state index contributed by atoms with van der Waals surface area (Å²) in [5.74, 6) is 0.526. The van der Waals surface area contributed by atoms with Crippen LogP contribution in [0.3, 0.4) is 0 Å². The van der Waals surface area contributed by atoms with Crippen molar-refractivity contribution in [1.82, 2.24) is 9.88 Å². The minimum atomic E-state index is -1.01. The molecule has 1 fully saturated rings. The normalized spacial score (nSPS) is 24.9. The summed E-state index contributed by atoms with van der Waals surface area (Å²) in [5.41, 5.74) is 0.444. The van der Waals surface area contributed by atoms with Crippen molar-refractivity contribution in [2.75, 3.05) is 38.8 Å². The number of ether oxygens (including phenoxy) is 1. The largest absolute Gasteiger partial charge is 0.388 e. The quantitative estimate of drug-likeness (QED) is 0.796. The van der Waals surface area contributed by atoms with Gasteiger partial charge in [0.2, 0.25) is 0 Å². The predicted octanol–water partition coefficient (Wildman–Crippen LogP) is -0.270. The van der Waals surface area contributed by atoms with Gasteiger partial charge in [0.1, 0.15) is 18.0 Å². The van der Waals surface area contributed by atoms with Crippen LogP contribution in [0.5, 0.6) is 0 Å². The molecule has 1 saturated heterocycles. The van der Waals surface area contributed by atoms with Gasteiger partial charge in [-0.05, 0) is 19.1 Å². The van der Waals surface area contributed by atoms with Crippen molar-refractivity contribution in [2.24, 2.45) is 0 Å². The first-order valence-corrected chi connectivity index (χ1v) is 7.34. The van der Waals surface area contributed by atoms with Gasteiger partial charge in [-0.1, -0.05) is 0 Å². The molecule has 1 amide bonds. The Morgan fingerprint density at radius 1 is 1.36 bits per heavy atom. The van der Waals surface area contributed by atoms with Crippen LogP contribution in [-0.2, 0) is 4.74 Å². The number of anilines is 1. The molecule has 122 valence electrons. The molecule has 0 aliphatic carbocycles. The highest BCUT2D eigenvalue weighted by Gasteiger charge is 2.37. The number of rotatable bonds is 4. The summed E-state index contributed by atoms with van der Waals surface area (Å²) < 4.78 is 5.26. The molecule has 2 rings (SSSR count). The van der Waals surface area contributed by atoms with Crippen LogP contribution in [0.25, 0.3) is 0 Å². The molecule has 7 nitrogen and oxygen atoms in total. The minimum absolute atomic E-state index is 0.0858. The van der Waals surface area contributed by atoms with E-state index in [9.17, 15) is 15.0 Å². The fourth-order valence-corrected chi connectivity index (χ4v) is 2.51. The second-order valence-corrected chi connectivity index (χ2v) is 5.55. The summed E-state index contributed by atoms with van der Waals surface area (Å²) in [6, 6.07) is 2.92. The third-order valence-corrected chi connectivity index (χ3v) is 3.82. The maximum absolute atomic E-state index is 12.6. The van der Waals surface area contributed by atoms with E-state index in [1.165, 1.54) is 11.1 Å². The maximum Gasteiger partial charge on any atom is 0.255 e. The van der Waals surface area contributed by atoms with E-state index in [1.807, 2.05) is 25.9 Å². The zero-order valence-corrected chi connectivity index (χ0v) is 13.1. The Morgan fingerprint density at radius 2 is 2.09 bits per heavy atom. The predicted molar refractivity (Wildman–Crippen MR) is 81.9 cm³/mol. The molecule has 0 unspecified atom stereocenters. The van der Waals surface area contributed by atoms with Crippen LogP contribution >= 0.6 is 0 Å². The van der Waals surface area contributed by atoms with Crippen LogP contribution in [0.1, 0.15) is 17.3 Å². The van der Waals surface area contributed by atoms with Gasteiger partial charge < -0.3 is 24.7 Å². The summed E-state index contributed by atoms with van der Waals surface area (Å²) >= 11 is 0. The molecule has 0 bridgehead atoms. The molecule has 7 heteroatoms. The van der Waals surface area contributed by atoms with E-state index in [2.05, 4.69) is 4.98 Å². The number of hydrogen-bond donors (Lipinski definition) is 2. The van der Waals surface area contributed by atoms with Crippen molar-refractivity contribution >= 4 is 11.7 Å². The monoisotopic (exact) mass is 309 g/mol. The number of amides is 1. The van der Waals surface area contributed by atoms with Gasteiger partial charge in [-0.2, -0.15) is 0 Å². The number of nitrogens with zero attached hydrogens (tertiary/aromatic N) is 3. The van der Waals surface area contributed by atoms with Gasteiger partial charge in [0.05, 0.1) is 24.8 Å². The first-order chi connectivity index (χ1) is 10.5. The molecule has 0 aromatic carbocycles. The maximum atomic E-state index is 12.6. The lowest BCUT2D eigenvalue weighted by molar-refractivity contribution is -0.125. The van der Waals surface area contributed by atoms with Crippen LogP contribution in [0.4, 0.5) is 5.82 Å². The van der Waals surface area contributed by atoms with Crippen LogP contribution in [0.2, 0.25) is 0 Å². The van der Waals surface area contributed by atoms with Crippen LogP contribution in [0, 0.1) is 0 Å². The molecule has 1 aromatic heterocycles. The molecule has 1 aliphatic heterocycles. The summed E-state index contributed by atoms with van der Waals surface area (Å²) in [6.45, 7) is 2.53. The summed E-state index contributed by atoms with van der Waals surface area (Å²) in [4.78, 5) is 20.2. The first kappa shape index (κ1) is 16.7. The molecular formula is C15H23N3O4. The standard InChI is InChI=1S/C15H23N3O4/c1-4-18(11-8-22-9-12(19)14(11)20)15(21)10-5-6-13(16-7-10)17(2)3/h5-7,11-12,14,19-20H,4,8-9H2,1-3H3/t11-,12-,14+/m1/s1. The van der Waals surface area contributed by atoms with E-state index in [1.54, 1.807) is 12.1 Å². The highest BCUT2D eigenvalue weighted by atomic mass is 16.5. The average Bonchev–Trinajstić information content (AvgIpc) is 2.52. The smallest absolute Gasteiger partial charge is 0.255 e. The molecule has 1 aromatic rings. The van der Waals surface area contributed by atoms with E-state index in [0.717, 1.165) is 5.82 Å². The molecule has 3 atom stereocenters. The molecule has 2 N–H and O–H groups in total. The molecular weight excluding hydrogens is 286 g/mol. The van der Waals surface area contributed by atoms with Gasteiger partial charge in [-0.3, -0.25) is 4.79 Å². The number of likely N-dealkylation sites (N-methyl/N-ethyl adjacent to an activating group) is 1. The van der Waals surface area contributed by atoms with E-state index in [4.69, 9.17) is 4.74 Å². The zero-order chi connectivity index (χ0) is 16.3. The van der Waals surface area contributed by atoms with Crippen molar-refractivity contribution in [1.29, 1.82) is 0 Å². The SMILES string of the molecule is CCN(C(=O)c1ccc(N(C)C)nc1)[C@@H]1COC[C@@H](O)[C@H]1O. The Balaban J connectivity index is 2.17. The van der Waals surface area contributed by atoms with Gasteiger partial charge in [0, 0.05) is 26.8 Å². The number of aliphatic hydroxyl groups is 2. The number of carbonyl (C=O) groups is 1. The molecule has 1 aliphatic rings. The lowest BCUT2D eigenvalue weighted by Crippen LogP contribution is -2.57. The Morgan fingerprint density at radius 3 is 2.64 bits per heavy atom. The van der Waals surface area contributed by atoms with Gasteiger partial charge in [0.15, 0.2) is 0 Å². The number of pyridine rings is 1. The Hall–Kier alpha value is -1.70. The van der Waals surface area contributed by atoms with Gasteiger partial charge in [-0.15, -0.1) is 0 Å². The fraction of sp³-hybridized carbons (Fsp3) is 0.600.